The van der Waals surface area contributed by atoms with E-state index in [0.717, 1.165) is 21.6 Å². The molecule has 7 nitrogen and oxygen atoms in total. The molecule has 0 aliphatic carbocycles. The topological polar surface area (TPSA) is 90.3 Å². The summed E-state index contributed by atoms with van der Waals surface area (Å²) in [7, 11) is 1.58. The van der Waals surface area contributed by atoms with Gasteiger partial charge in [0, 0.05) is 17.2 Å². The number of nitrogens with zero attached hydrogens (tertiary/aromatic N) is 2. The van der Waals surface area contributed by atoms with E-state index in [4.69, 9.17) is 4.74 Å². The van der Waals surface area contributed by atoms with Crippen molar-refractivity contribution in [2.24, 2.45) is 0 Å². The van der Waals surface area contributed by atoms with Gasteiger partial charge in [-0.3, -0.25) is 14.5 Å². The fraction of sp³-hybridized carbons (Fsp3) is 0.391. The fourth-order valence-corrected chi connectivity index (χ4v) is 5.42. The van der Waals surface area contributed by atoms with Crippen molar-refractivity contribution < 1.29 is 24.5 Å². The van der Waals surface area contributed by atoms with E-state index in [9.17, 15) is 19.8 Å². The number of halogens is 2. The summed E-state index contributed by atoms with van der Waals surface area (Å²) in [6.45, 7) is 0.271. The number of carbonyl (C=O) groups is 2. The van der Waals surface area contributed by atoms with Crippen LogP contribution in [0.4, 0.5) is 0 Å². The van der Waals surface area contributed by atoms with Gasteiger partial charge in [-0.1, -0.05) is 44.0 Å². The number of amides is 2. The Morgan fingerprint density at radius 3 is 2.03 bits per heavy atom. The maximum Gasteiger partial charge on any atom is 0.261 e. The molecule has 2 amide bonds. The van der Waals surface area contributed by atoms with E-state index in [1.807, 2.05) is 24.3 Å². The molecule has 170 valence electrons. The largest absolute Gasteiger partial charge is 0.497 e. The van der Waals surface area contributed by atoms with Crippen molar-refractivity contribution in [3.8, 4) is 5.75 Å². The van der Waals surface area contributed by atoms with Gasteiger partial charge in [0.05, 0.1) is 24.3 Å². The van der Waals surface area contributed by atoms with Crippen LogP contribution in [0.2, 0.25) is 0 Å². The molecule has 9 heteroatoms. The number of likely N-dealkylation sites (tertiary alicyclic amines) is 1. The van der Waals surface area contributed by atoms with Crippen molar-refractivity contribution in [2.45, 2.75) is 48.5 Å². The molecule has 0 bridgehead atoms. The van der Waals surface area contributed by atoms with Crippen molar-refractivity contribution in [3.63, 3.8) is 0 Å². The van der Waals surface area contributed by atoms with Crippen molar-refractivity contribution in [2.75, 3.05) is 7.11 Å². The first-order valence-corrected chi connectivity index (χ1v) is 12.5. The zero-order valence-electron chi connectivity index (χ0n) is 17.5. The first-order chi connectivity index (χ1) is 15.4. The summed E-state index contributed by atoms with van der Waals surface area (Å²) in [4.78, 5) is 29.1. The summed E-state index contributed by atoms with van der Waals surface area (Å²) in [5.41, 5.74) is 3.45. The number of piperidine rings is 1. The lowest BCUT2D eigenvalue weighted by atomic mass is 9.99. The van der Waals surface area contributed by atoms with Crippen molar-refractivity contribution in [1.29, 1.82) is 0 Å². The number of aliphatic hydroxyl groups is 2. The van der Waals surface area contributed by atoms with Gasteiger partial charge in [-0.25, -0.2) is 4.90 Å². The van der Waals surface area contributed by atoms with E-state index in [1.165, 1.54) is 4.90 Å². The second-order valence-corrected chi connectivity index (χ2v) is 9.09. The van der Waals surface area contributed by atoms with Crippen LogP contribution >= 0.6 is 31.9 Å². The van der Waals surface area contributed by atoms with E-state index >= 15 is 0 Å². The fourth-order valence-electron chi connectivity index (χ4n) is 4.38. The Hall–Kier alpha value is -1.78. The third-order valence-corrected chi connectivity index (χ3v) is 7.38. The minimum atomic E-state index is -1.19. The van der Waals surface area contributed by atoms with Crippen LogP contribution < -0.4 is 4.74 Å². The second-order valence-electron chi connectivity index (χ2n) is 7.97. The second kappa shape index (κ2) is 9.61. The molecule has 0 saturated carbocycles. The highest BCUT2D eigenvalue weighted by Gasteiger charge is 2.47. The van der Waals surface area contributed by atoms with E-state index in [0.29, 0.717) is 40.4 Å². The molecule has 3 unspecified atom stereocenters. The quantitative estimate of drug-likeness (QED) is 0.411. The van der Waals surface area contributed by atoms with Crippen LogP contribution in [0.15, 0.2) is 36.4 Å². The van der Waals surface area contributed by atoms with Crippen molar-refractivity contribution in [3.05, 3.63) is 64.2 Å². The predicted octanol–water partition coefficient (Wildman–Crippen LogP) is 3.38. The molecule has 1 saturated heterocycles. The Kier molecular flexibility index (Phi) is 7.02. The molecule has 2 aromatic rings. The van der Waals surface area contributed by atoms with Gasteiger partial charge in [-0.15, -0.1) is 0 Å². The number of ether oxygens (including phenoxy) is 1. The summed E-state index contributed by atoms with van der Waals surface area (Å²) >= 11 is 6.87. The monoisotopic (exact) mass is 566 g/mol. The lowest BCUT2D eigenvalue weighted by molar-refractivity contribution is -0.160. The predicted molar refractivity (Wildman–Crippen MR) is 126 cm³/mol. The van der Waals surface area contributed by atoms with Gasteiger partial charge in [0.15, 0.2) is 0 Å². The van der Waals surface area contributed by atoms with E-state index in [2.05, 4.69) is 31.9 Å². The van der Waals surface area contributed by atoms with Crippen LogP contribution in [-0.2, 0) is 17.2 Å². The van der Waals surface area contributed by atoms with Gasteiger partial charge in [0.25, 0.3) is 11.8 Å². The Labute approximate surface area is 203 Å². The Bertz CT molecular complexity index is 987. The van der Waals surface area contributed by atoms with Crippen LogP contribution in [-0.4, -0.2) is 57.4 Å². The molecule has 1 fully saturated rings. The maximum absolute atomic E-state index is 13.2. The van der Waals surface area contributed by atoms with Crippen LogP contribution in [0.3, 0.4) is 0 Å². The molecule has 4 rings (SSSR count). The molecule has 3 atom stereocenters. The number of rotatable bonds is 6. The highest BCUT2D eigenvalue weighted by Crippen LogP contribution is 2.34. The van der Waals surface area contributed by atoms with Crippen molar-refractivity contribution >= 4 is 43.7 Å². The number of benzene rings is 2. The standard InChI is InChI=1S/C23H24Br2N2O5/c1-32-16-4-2-13(3-5-16)12-26-20(28)7-6-19(23(26)31)27-21(29)17-8-14(10-24)15(11-25)9-18(17)22(27)30/h2-5,8-9,19-20,23,28,31H,6-7,10-12H2,1H3. The summed E-state index contributed by atoms with van der Waals surface area (Å²) in [6, 6.07) is 10.1. The minimum absolute atomic E-state index is 0.271. The maximum atomic E-state index is 13.2. The minimum Gasteiger partial charge on any atom is -0.497 e. The van der Waals surface area contributed by atoms with Gasteiger partial charge in [0.1, 0.15) is 18.2 Å². The number of aliphatic hydroxyl groups excluding tert-OH is 2. The van der Waals surface area contributed by atoms with Crippen LogP contribution in [0.5, 0.6) is 5.75 Å². The molecular weight excluding hydrogens is 544 g/mol. The SMILES string of the molecule is COc1ccc(CN2C(O)CCC(N3C(=O)c4cc(CBr)c(CBr)cc4C3=O)C2O)cc1. The molecule has 0 spiro atoms. The van der Waals surface area contributed by atoms with Gasteiger partial charge < -0.3 is 14.9 Å². The zero-order chi connectivity index (χ0) is 23.0. The number of carbonyl (C=O) groups excluding carboxylic acids is 2. The summed E-state index contributed by atoms with van der Waals surface area (Å²) in [6.07, 6.45) is -1.40. The highest BCUT2D eigenvalue weighted by atomic mass is 79.9. The molecule has 2 aliphatic heterocycles. The summed E-state index contributed by atoms with van der Waals surface area (Å²) < 4.78 is 5.17. The van der Waals surface area contributed by atoms with Gasteiger partial charge >= 0.3 is 0 Å². The first kappa shape index (κ1) is 23.4. The lowest BCUT2D eigenvalue weighted by Gasteiger charge is -2.43. The summed E-state index contributed by atoms with van der Waals surface area (Å²) in [5, 5.41) is 22.8. The average Bonchev–Trinajstić information content (AvgIpc) is 3.05. The molecule has 0 aromatic heterocycles. The number of alkyl halides is 2. The number of imide groups is 1. The third-order valence-electron chi connectivity index (χ3n) is 6.17. The van der Waals surface area contributed by atoms with Crippen LogP contribution in [0.1, 0.15) is 50.2 Å². The Morgan fingerprint density at radius 1 is 0.969 bits per heavy atom. The number of hydrogen-bond acceptors (Lipinski definition) is 6. The first-order valence-electron chi connectivity index (χ1n) is 10.3. The van der Waals surface area contributed by atoms with Gasteiger partial charge in [-0.2, -0.15) is 0 Å². The van der Waals surface area contributed by atoms with E-state index in [1.54, 1.807) is 19.2 Å². The lowest BCUT2D eigenvalue weighted by Crippen LogP contribution is -2.59. The number of methoxy groups -OCH3 is 1. The number of fused-ring (bicyclic) bond motifs is 1. The molecule has 0 radical (unpaired) electrons. The molecule has 32 heavy (non-hydrogen) atoms. The molecule has 2 aromatic carbocycles. The smallest absolute Gasteiger partial charge is 0.261 e. The Balaban J connectivity index is 1.59. The zero-order valence-corrected chi connectivity index (χ0v) is 20.7. The van der Waals surface area contributed by atoms with Gasteiger partial charge in [-0.05, 0) is 53.8 Å². The average molecular weight is 568 g/mol. The summed E-state index contributed by atoms with van der Waals surface area (Å²) in [5.74, 6) is -0.0978. The number of hydrogen-bond donors (Lipinski definition) is 2. The molecule has 2 aliphatic rings. The Morgan fingerprint density at radius 2 is 1.53 bits per heavy atom. The van der Waals surface area contributed by atoms with Crippen molar-refractivity contribution in [1.82, 2.24) is 9.80 Å². The van der Waals surface area contributed by atoms with E-state index < -0.39 is 30.3 Å². The highest BCUT2D eigenvalue weighted by molar-refractivity contribution is 9.09. The molecular formula is C23H24Br2N2O5. The molecule has 2 N–H and O–H groups in total. The van der Waals surface area contributed by atoms with Crippen LogP contribution in [0, 0.1) is 0 Å². The van der Waals surface area contributed by atoms with E-state index in [-0.39, 0.29) is 6.54 Å². The van der Waals surface area contributed by atoms with Crippen LogP contribution in [0.25, 0.3) is 0 Å². The normalized spacial score (nSPS) is 23.5. The third kappa shape index (κ3) is 4.12. The van der Waals surface area contributed by atoms with Gasteiger partial charge in [0.2, 0.25) is 0 Å². The molecule has 2 heterocycles.